The van der Waals surface area contributed by atoms with Gasteiger partial charge in [0.05, 0.1) is 6.21 Å². The maximum Gasteiger partial charge on any atom is 0.240 e. The fourth-order valence-electron chi connectivity index (χ4n) is 1.72. The van der Waals surface area contributed by atoms with Crippen LogP contribution in [0.2, 0.25) is 0 Å². The monoisotopic (exact) mass is 326 g/mol. The van der Waals surface area contributed by atoms with Gasteiger partial charge in [-0.25, -0.2) is 10.5 Å². The number of thioether (sulfide) groups is 1. The molecule has 1 aromatic carbocycles. The minimum Gasteiger partial charge on any atom is -0.508 e. The molecule has 0 aliphatic carbocycles. The second kappa shape index (κ2) is 7.41. The number of pyridine rings is 1. The van der Waals surface area contributed by atoms with E-state index in [1.54, 1.807) is 42.9 Å². The van der Waals surface area contributed by atoms with Crippen molar-refractivity contribution in [3.05, 3.63) is 59.9 Å². The molecule has 3 rings (SSSR count). The predicted octanol–water partition coefficient (Wildman–Crippen LogP) is 2.64. The highest BCUT2D eigenvalue weighted by Crippen LogP contribution is 2.19. The highest BCUT2D eigenvalue weighted by atomic mass is 32.2. The highest BCUT2D eigenvalue weighted by Gasteiger charge is 2.03. The molecule has 2 aromatic heterocycles. The molecule has 0 aliphatic rings. The number of rotatable bonds is 6. The number of hydrogen-bond acceptors (Lipinski definition) is 7. The second-order valence-corrected chi connectivity index (χ2v) is 5.51. The Balaban J connectivity index is 1.52. The molecule has 0 saturated carbocycles. The van der Waals surface area contributed by atoms with Crippen LogP contribution < -0.4 is 5.43 Å². The van der Waals surface area contributed by atoms with Crippen LogP contribution in [0.15, 0.2) is 59.0 Å². The van der Waals surface area contributed by atoms with E-state index in [0.29, 0.717) is 11.1 Å². The first-order valence-electron chi connectivity index (χ1n) is 6.82. The summed E-state index contributed by atoms with van der Waals surface area (Å²) in [5, 5.41) is 20.8. The van der Waals surface area contributed by atoms with Crippen LogP contribution in [-0.4, -0.2) is 31.5 Å². The van der Waals surface area contributed by atoms with Gasteiger partial charge in [-0.15, -0.1) is 5.10 Å². The number of nitrogens with one attached hydrogen (secondary N) is 2. The number of hydrogen-bond donors (Lipinski definition) is 3. The van der Waals surface area contributed by atoms with Crippen LogP contribution in [0, 0.1) is 0 Å². The van der Waals surface area contributed by atoms with Gasteiger partial charge in [0.1, 0.15) is 5.75 Å². The smallest absolute Gasteiger partial charge is 0.240 e. The van der Waals surface area contributed by atoms with E-state index < -0.39 is 0 Å². The van der Waals surface area contributed by atoms with Crippen molar-refractivity contribution in [3.63, 3.8) is 0 Å². The molecule has 2 heterocycles. The summed E-state index contributed by atoms with van der Waals surface area (Å²) in [5.74, 6) is 1.47. The fraction of sp³-hybridized carbons (Fsp3) is 0.0667. The van der Waals surface area contributed by atoms with Gasteiger partial charge in [-0.1, -0.05) is 11.8 Å². The highest BCUT2D eigenvalue weighted by molar-refractivity contribution is 7.98. The quantitative estimate of drug-likeness (QED) is 0.366. The number of phenolic OH excluding ortho intramolecular Hbond substituents is 1. The Morgan fingerprint density at radius 2 is 1.96 bits per heavy atom. The Labute approximate surface area is 136 Å². The lowest BCUT2D eigenvalue weighted by Crippen LogP contribution is -1.92. The van der Waals surface area contributed by atoms with Crippen molar-refractivity contribution in [2.75, 3.05) is 5.43 Å². The summed E-state index contributed by atoms with van der Waals surface area (Å²) in [7, 11) is 0. The molecule has 8 heteroatoms. The van der Waals surface area contributed by atoms with Gasteiger partial charge in [0, 0.05) is 18.1 Å². The van der Waals surface area contributed by atoms with Crippen molar-refractivity contribution in [1.82, 2.24) is 20.2 Å². The summed E-state index contributed by atoms with van der Waals surface area (Å²) in [4.78, 5) is 8.27. The Morgan fingerprint density at radius 1 is 1.17 bits per heavy atom. The summed E-state index contributed by atoms with van der Waals surface area (Å²) in [6, 6.07) is 10.6. The zero-order valence-electron chi connectivity index (χ0n) is 12.0. The molecule has 3 N–H and O–H groups in total. The molecule has 0 saturated heterocycles. The van der Waals surface area contributed by atoms with E-state index in [1.807, 2.05) is 12.1 Å². The van der Waals surface area contributed by atoms with Gasteiger partial charge in [0.15, 0.2) is 0 Å². The molecule has 0 aliphatic heterocycles. The summed E-state index contributed by atoms with van der Waals surface area (Å²) in [6.07, 6.45) is 5.16. The van der Waals surface area contributed by atoms with E-state index in [1.165, 1.54) is 11.8 Å². The van der Waals surface area contributed by atoms with Gasteiger partial charge in [-0.2, -0.15) is 10.1 Å². The number of nitrogens with zero attached hydrogens (tertiary/aromatic N) is 4. The molecule has 7 nitrogen and oxygen atoms in total. The van der Waals surface area contributed by atoms with Gasteiger partial charge >= 0.3 is 0 Å². The number of hydrazone groups is 1. The van der Waals surface area contributed by atoms with Crippen LogP contribution in [0.3, 0.4) is 0 Å². The molecule has 0 bridgehead atoms. The van der Waals surface area contributed by atoms with E-state index >= 15 is 0 Å². The Morgan fingerprint density at radius 3 is 2.74 bits per heavy atom. The summed E-state index contributed by atoms with van der Waals surface area (Å²) in [5.41, 5.74) is 4.81. The third kappa shape index (κ3) is 4.55. The lowest BCUT2D eigenvalue weighted by Gasteiger charge is -1.96. The number of anilines is 1. The molecule has 0 spiro atoms. The van der Waals surface area contributed by atoms with Gasteiger partial charge in [-0.05, 0) is 47.5 Å². The molecule has 0 amide bonds. The zero-order valence-corrected chi connectivity index (χ0v) is 12.9. The molecule has 0 fully saturated rings. The van der Waals surface area contributed by atoms with Crippen LogP contribution in [0.5, 0.6) is 5.75 Å². The maximum atomic E-state index is 9.21. The first kappa shape index (κ1) is 15.0. The number of benzene rings is 1. The van der Waals surface area contributed by atoms with Crippen molar-refractivity contribution >= 4 is 23.9 Å². The van der Waals surface area contributed by atoms with Crippen molar-refractivity contribution in [1.29, 1.82) is 0 Å². The van der Waals surface area contributed by atoms with Crippen LogP contribution in [-0.2, 0) is 5.75 Å². The minimum atomic E-state index is 0.223. The topological polar surface area (TPSA) is 99.1 Å². The second-order valence-electron chi connectivity index (χ2n) is 4.57. The normalized spacial score (nSPS) is 11.0. The van der Waals surface area contributed by atoms with E-state index in [4.69, 9.17) is 0 Å². The van der Waals surface area contributed by atoms with Crippen LogP contribution in [0.4, 0.5) is 5.95 Å². The molecule has 116 valence electrons. The van der Waals surface area contributed by atoms with Crippen LogP contribution >= 0.6 is 11.8 Å². The number of aromatic hydroxyl groups is 1. The van der Waals surface area contributed by atoms with Gasteiger partial charge in [0.2, 0.25) is 11.1 Å². The van der Waals surface area contributed by atoms with E-state index in [-0.39, 0.29) is 5.75 Å². The minimum absolute atomic E-state index is 0.223. The SMILES string of the molecule is Oc1ccc(C=NNc2nc(SCc3ccncc3)n[nH]2)cc1. The van der Waals surface area contributed by atoms with E-state index in [9.17, 15) is 5.11 Å². The molecule has 23 heavy (non-hydrogen) atoms. The first-order valence-corrected chi connectivity index (χ1v) is 7.80. The van der Waals surface area contributed by atoms with Crippen LogP contribution in [0.25, 0.3) is 0 Å². The van der Waals surface area contributed by atoms with Crippen LogP contribution in [0.1, 0.15) is 11.1 Å². The fourth-order valence-corrected chi connectivity index (χ4v) is 2.47. The number of H-pyrrole nitrogens is 1. The number of phenols is 1. The maximum absolute atomic E-state index is 9.21. The van der Waals surface area contributed by atoms with Crippen molar-refractivity contribution < 1.29 is 5.11 Å². The first-order chi connectivity index (χ1) is 11.3. The average Bonchev–Trinajstić information content (AvgIpc) is 3.04. The lowest BCUT2D eigenvalue weighted by molar-refractivity contribution is 0.475. The standard InChI is InChI=1S/C15H14N6OS/c22-13-3-1-11(2-4-13)9-17-19-14-18-15(21-20-14)23-10-12-5-7-16-8-6-12/h1-9,22H,10H2,(H2,18,19,20,21). The third-order valence-electron chi connectivity index (χ3n) is 2.86. The molecular weight excluding hydrogens is 312 g/mol. The summed E-state index contributed by atoms with van der Waals surface area (Å²) < 4.78 is 0. The zero-order chi connectivity index (χ0) is 15.9. The summed E-state index contributed by atoms with van der Waals surface area (Å²) >= 11 is 1.52. The molecule has 0 radical (unpaired) electrons. The lowest BCUT2D eigenvalue weighted by atomic mass is 10.2. The van der Waals surface area contributed by atoms with E-state index in [2.05, 4.69) is 30.7 Å². The van der Waals surface area contributed by atoms with Gasteiger partial charge in [-0.3, -0.25) is 4.98 Å². The molecule has 0 unspecified atom stereocenters. The summed E-state index contributed by atoms with van der Waals surface area (Å²) in [6.45, 7) is 0. The van der Waals surface area contributed by atoms with Crippen molar-refractivity contribution in [2.45, 2.75) is 10.9 Å². The molecule has 0 atom stereocenters. The van der Waals surface area contributed by atoms with Crippen molar-refractivity contribution in [2.24, 2.45) is 5.10 Å². The third-order valence-corrected chi connectivity index (χ3v) is 3.78. The Kier molecular flexibility index (Phi) is 4.85. The average molecular weight is 326 g/mol. The number of aromatic nitrogens is 4. The van der Waals surface area contributed by atoms with Gasteiger partial charge < -0.3 is 5.11 Å². The van der Waals surface area contributed by atoms with Gasteiger partial charge in [0.25, 0.3) is 0 Å². The molecular formula is C15H14N6OS. The Bertz CT molecular complexity index is 772. The number of aromatic amines is 1. The van der Waals surface area contributed by atoms with Crippen molar-refractivity contribution in [3.8, 4) is 5.75 Å². The Hall–Kier alpha value is -2.87. The largest absolute Gasteiger partial charge is 0.508 e. The predicted molar refractivity (Wildman–Crippen MR) is 89.5 cm³/mol. The van der Waals surface area contributed by atoms with E-state index in [0.717, 1.165) is 16.9 Å². The molecule has 3 aromatic rings.